The number of esters is 1. The molecule has 0 aliphatic rings. The van der Waals surface area contributed by atoms with Crippen LogP contribution in [0.1, 0.15) is 25.3 Å². The number of aryl methyl sites for hydroxylation is 1. The van der Waals surface area contributed by atoms with Gasteiger partial charge in [-0.25, -0.2) is 0 Å². The largest absolute Gasteiger partial charge is 0.427 e. The fourth-order valence-corrected chi connectivity index (χ4v) is 1.44. The van der Waals surface area contributed by atoms with Crippen molar-refractivity contribution in [1.82, 2.24) is 0 Å². The van der Waals surface area contributed by atoms with Crippen molar-refractivity contribution < 1.29 is 9.53 Å². The molecule has 15 heavy (non-hydrogen) atoms. The van der Waals surface area contributed by atoms with Crippen molar-refractivity contribution in [3.63, 3.8) is 0 Å². The molecule has 0 fully saturated rings. The number of carbonyl (C=O) groups is 1. The zero-order chi connectivity index (χ0) is 11.1. The highest BCUT2D eigenvalue weighted by Crippen LogP contribution is 2.13. The van der Waals surface area contributed by atoms with Crippen LogP contribution in [-0.4, -0.2) is 11.8 Å². The van der Waals surface area contributed by atoms with Crippen LogP contribution in [0, 0.1) is 0 Å². The van der Waals surface area contributed by atoms with Crippen LogP contribution in [0.15, 0.2) is 24.3 Å². The molecule has 3 heteroatoms. The summed E-state index contributed by atoms with van der Waals surface area (Å²) in [6.07, 6.45) is 2.11. The molecular formula is C12H15ClO2. The lowest BCUT2D eigenvalue weighted by Gasteiger charge is -2.04. The van der Waals surface area contributed by atoms with Gasteiger partial charge in [-0.2, -0.15) is 0 Å². The highest BCUT2D eigenvalue weighted by molar-refractivity contribution is 6.17. The van der Waals surface area contributed by atoms with Crippen molar-refractivity contribution in [3.8, 4) is 5.75 Å². The summed E-state index contributed by atoms with van der Waals surface area (Å²) in [6.45, 7) is 1.95. The summed E-state index contributed by atoms with van der Waals surface area (Å²) in [6, 6.07) is 7.46. The third-order valence-corrected chi connectivity index (χ3v) is 2.18. The summed E-state index contributed by atoms with van der Waals surface area (Å²) < 4.78 is 5.12. The van der Waals surface area contributed by atoms with E-state index >= 15 is 0 Å². The zero-order valence-corrected chi connectivity index (χ0v) is 9.59. The minimum atomic E-state index is -0.178. The molecule has 0 atom stereocenters. The average Bonchev–Trinajstić information content (AvgIpc) is 2.22. The van der Waals surface area contributed by atoms with Crippen molar-refractivity contribution in [2.24, 2.45) is 0 Å². The lowest BCUT2D eigenvalue weighted by Crippen LogP contribution is -2.06. The first-order valence-electron chi connectivity index (χ1n) is 5.12. The summed E-state index contributed by atoms with van der Waals surface area (Å²) in [5.74, 6) is 1.03. The van der Waals surface area contributed by atoms with Crippen LogP contribution in [0.5, 0.6) is 5.75 Å². The minimum absolute atomic E-state index is 0.178. The first-order chi connectivity index (χ1) is 7.26. The Labute approximate surface area is 95.2 Å². The Balaban J connectivity index is 2.52. The monoisotopic (exact) mass is 226 g/mol. The quantitative estimate of drug-likeness (QED) is 0.438. The number of hydrogen-bond donors (Lipinski definition) is 0. The lowest BCUT2D eigenvalue weighted by atomic mass is 10.2. The summed E-state index contributed by atoms with van der Waals surface area (Å²) >= 11 is 5.62. The molecule has 0 saturated carbocycles. The van der Waals surface area contributed by atoms with Gasteiger partial charge in [-0.3, -0.25) is 4.79 Å². The molecule has 0 N–H and O–H groups in total. The molecular weight excluding hydrogens is 212 g/mol. The molecule has 0 amide bonds. The van der Waals surface area contributed by atoms with E-state index in [0.717, 1.165) is 18.4 Å². The van der Waals surface area contributed by atoms with E-state index in [9.17, 15) is 4.79 Å². The highest BCUT2D eigenvalue weighted by atomic mass is 35.5. The molecule has 0 aliphatic carbocycles. The Bertz CT molecular complexity index is 306. The standard InChI is InChI=1S/C12H15ClO2/c1-2-3-12(14)15-11-6-4-10(5-7-11)8-9-13/h4-7H,2-3,8-9H2,1H3. The Morgan fingerprint density at radius 3 is 2.53 bits per heavy atom. The Hall–Kier alpha value is -1.02. The van der Waals surface area contributed by atoms with Crippen molar-refractivity contribution in [2.45, 2.75) is 26.2 Å². The predicted molar refractivity (Wildman–Crippen MR) is 61.4 cm³/mol. The first-order valence-corrected chi connectivity index (χ1v) is 5.65. The topological polar surface area (TPSA) is 26.3 Å². The van der Waals surface area contributed by atoms with Crippen molar-refractivity contribution >= 4 is 17.6 Å². The van der Waals surface area contributed by atoms with Crippen LogP contribution in [0.2, 0.25) is 0 Å². The second kappa shape index (κ2) is 6.46. The number of benzene rings is 1. The first kappa shape index (κ1) is 12.1. The number of rotatable bonds is 5. The van der Waals surface area contributed by atoms with Crippen molar-refractivity contribution in [3.05, 3.63) is 29.8 Å². The molecule has 1 aromatic rings. The van der Waals surface area contributed by atoms with E-state index in [1.807, 2.05) is 19.1 Å². The van der Waals surface area contributed by atoms with E-state index in [0.29, 0.717) is 18.1 Å². The Morgan fingerprint density at radius 1 is 1.33 bits per heavy atom. The fourth-order valence-electron chi connectivity index (χ4n) is 1.22. The van der Waals surface area contributed by atoms with Crippen LogP contribution < -0.4 is 4.74 Å². The van der Waals surface area contributed by atoms with Crippen LogP contribution in [0.25, 0.3) is 0 Å². The van der Waals surface area contributed by atoms with Crippen LogP contribution in [0.3, 0.4) is 0 Å². The van der Waals surface area contributed by atoms with Gasteiger partial charge in [0, 0.05) is 12.3 Å². The molecule has 0 saturated heterocycles. The molecule has 0 radical (unpaired) electrons. The molecule has 1 aromatic carbocycles. The summed E-state index contributed by atoms with van der Waals surface area (Å²) in [5, 5.41) is 0. The SMILES string of the molecule is CCCC(=O)Oc1ccc(CCCl)cc1. The van der Waals surface area contributed by atoms with Gasteiger partial charge in [0.05, 0.1) is 0 Å². The zero-order valence-electron chi connectivity index (χ0n) is 8.83. The summed E-state index contributed by atoms with van der Waals surface area (Å²) in [4.78, 5) is 11.2. The number of halogens is 1. The van der Waals surface area contributed by atoms with E-state index in [1.165, 1.54) is 0 Å². The summed E-state index contributed by atoms with van der Waals surface area (Å²) in [5.41, 5.74) is 1.15. The van der Waals surface area contributed by atoms with Crippen molar-refractivity contribution in [1.29, 1.82) is 0 Å². The van der Waals surface area contributed by atoms with Gasteiger partial charge in [0.2, 0.25) is 0 Å². The van der Waals surface area contributed by atoms with Gasteiger partial charge in [0.25, 0.3) is 0 Å². The molecule has 0 spiro atoms. The van der Waals surface area contributed by atoms with E-state index < -0.39 is 0 Å². The lowest BCUT2D eigenvalue weighted by molar-refractivity contribution is -0.134. The second-order valence-corrected chi connectivity index (χ2v) is 3.68. The Kier molecular flexibility index (Phi) is 5.19. The molecule has 1 rings (SSSR count). The fraction of sp³-hybridized carbons (Fsp3) is 0.417. The Morgan fingerprint density at radius 2 is 2.00 bits per heavy atom. The maximum atomic E-state index is 11.2. The predicted octanol–water partition coefficient (Wildman–Crippen LogP) is 3.17. The van der Waals surface area contributed by atoms with Crippen molar-refractivity contribution in [2.75, 3.05) is 5.88 Å². The molecule has 2 nitrogen and oxygen atoms in total. The number of carbonyl (C=O) groups excluding carboxylic acids is 1. The van der Waals surface area contributed by atoms with Gasteiger partial charge in [0.15, 0.2) is 0 Å². The molecule has 0 aliphatic heterocycles. The third-order valence-electron chi connectivity index (χ3n) is 1.99. The van der Waals surface area contributed by atoms with E-state index in [-0.39, 0.29) is 5.97 Å². The smallest absolute Gasteiger partial charge is 0.311 e. The molecule has 82 valence electrons. The van der Waals surface area contributed by atoms with E-state index in [4.69, 9.17) is 16.3 Å². The van der Waals surface area contributed by atoms with Gasteiger partial charge in [-0.05, 0) is 30.5 Å². The van der Waals surface area contributed by atoms with Gasteiger partial charge >= 0.3 is 5.97 Å². The summed E-state index contributed by atoms with van der Waals surface area (Å²) in [7, 11) is 0. The molecule has 0 bridgehead atoms. The van der Waals surface area contributed by atoms with E-state index in [2.05, 4.69) is 0 Å². The average molecular weight is 227 g/mol. The molecule has 0 heterocycles. The van der Waals surface area contributed by atoms with Crippen LogP contribution >= 0.6 is 11.6 Å². The maximum Gasteiger partial charge on any atom is 0.311 e. The third kappa shape index (κ3) is 4.34. The molecule has 0 unspecified atom stereocenters. The van der Waals surface area contributed by atoms with Gasteiger partial charge in [-0.15, -0.1) is 11.6 Å². The highest BCUT2D eigenvalue weighted by Gasteiger charge is 2.02. The van der Waals surface area contributed by atoms with Gasteiger partial charge in [-0.1, -0.05) is 19.1 Å². The van der Waals surface area contributed by atoms with E-state index in [1.54, 1.807) is 12.1 Å². The maximum absolute atomic E-state index is 11.2. The van der Waals surface area contributed by atoms with Gasteiger partial charge < -0.3 is 4.74 Å². The molecule has 0 aromatic heterocycles. The normalized spacial score (nSPS) is 10.0. The minimum Gasteiger partial charge on any atom is -0.427 e. The second-order valence-electron chi connectivity index (χ2n) is 3.31. The number of alkyl halides is 1. The van der Waals surface area contributed by atoms with Gasteiger partial charge in [0.1, 0.15) is 5.75 Å². The van der Waals surface area contributed by atoms with Crippen LogP contribution in [-0.2, 0) is 11.2 Å². The number of hydrogen-bond acceptors (Lipinski definition) is 2. The van der Waals surface area contributed by atoms with Crippen LogP contribution in [0.4, 0.5) is 0 Å². The number of ether oxygens (including phenoxy) is 1.